The van der Waals surface area contributed by atoms with Crippen LogP contribution >= 0.6 is 15.9 Å². The Hall–Kier alpha value is -0.430. The number of halogens is 1. The van der Waals surface area contributed by atoms with Crippen LogP contribution in [0.2, 0.25) is 0 Å². The molecule has 1 saturated heterocycles. The second-order valence-electron chi connectivity index (χ2n) is 5.56. The molecule has 1 aromatic carbocycles. The van der Waals surface area contributed by atoms with Crippen molar-refractivity contribution in [2.45, 2.75) is 50.6 Å². The molecule has 0 radical (unpaired) electrons. The van der Waals surface area contributed by atoms with E-state index in [1.807, 2.05) is 26.0 Å². The maximum Gasteiger partial charge on any atom is 0.243 e. The van der Waals surface area contributed by atoms with E-state index < -0.39 is 10.0 Å². The third-order valence-electron chi connectivity index (χ3n) is 4.15. The van der Waals surface area contributed by atoms with Crippen molar-refractivity contribution in [1.82, 2.24) is 9.62 Å². The molecule has 0 saturated carbocycles. The van der Waals surface area contributed by atoms with E-state index in [1.165, 1.54) is 0 Å². The first-order valence-electron chi connectivity index (χ1n) is 7.41. The zero-order valence-electron chi connectivity index (χ0n) is 12.8. The summed E-state index contributed by atoms with van der Waals surface area (Å²) in [5.74, 6) is 0. The molecule has 0 aliphatic carbocycles. The quantitative estimate of drug-likeness (QED) is 0.881. The van der Waals surface area contributed by atoms with Gasteiger partial charge in [0.05, 0.1) is 4.90 Å². The first-order chi connectivity index (χ1) is 9.90. The molecule has 21 heavy (non-hydrogen) atoms. The van der Waals surface area contributed by atoms with Gasteiger partial charge in [0.25, 0.3) is 0 Å². The highest BCUT2D eigenvalue weighted by Crippen LogP contribution is 2.27. The summed E-state index contributed by atoms with van der Waals surface area (Å²) in [6.45, 7) is 7.23. The summed E-state index contributed by atoms with van der Waals surface area (Å²) in [6, 6.07) is 5.68. The summed E-state index contributed by atoms with van der Waals surface area (Å²) in [7, 11) is -3.46. The van der Waals surface area contributed by atoms with Crippen LogP contribution < -0.4 is 5.32 Å². The number of nitrogens with one attached hydrogen (secondary N) is 1. The Morgan fingerprint density at radius 1 is 1.33 bits per heavy atom. The molecule has 0 aromatic heterocycles. The van der Waals surface area contributed by atoms with Crippen molar-refractivity contribution in [1.29, 1.82) is 0 Å². The number of sulfonamides is 1. The molecule has 4 nitrogen and oxygen atoms in total. The van der Waals surface area contributed by atoms with Gasteiger partial charge in [0, 0.05) is 29.6 Å². The summed E-state index contributed by atoms with van der Waals surface area (Å²) in [5, 5.41) is 3.43. The number of aryl methyl sites for hydroxylation is 1. The van der Waals surface area contributed by atoms with Crippen molar-refractivity contribution < 1.29 is 8.42 Å². The first-order valence-corrected chi connectivity index (χ1v) is 9.64. The van der Waals surface area contributed by atoms with E-state index in [0.717, 1.165) is 29.4 Å². The van der Waals surface area contributed by atoms with Crippen LogP contribution in [0.5, 0.6) is 0 Å². The van der Waals surface area contributed by atoms with E-state index in [-0.39, 0.29) is 12.1 Å². The summed E-state index contributed by atoms with van der Waals surface area (Å²) in [4.78, 5) is 0.409. The second-order valence-corrected chi connectivity index (χ2v) is 8.33. The van der Waals surface area contributed by atoms with Crippen LogP contribution in [0.15, 0.2) is 27.6 Å². The molecule has 1 aliphatic rings. The highest BCUT2D eigenvalue weighted by Gasteiger charge is 2.36. The number of benzene rings is 1. The predicted octanol–water partition coefficient (Wildman–Crippen LogP) is 2.91. The summed E-state index contributed by atoms with van der Waals surface area (Å²) in [5.41, 5.74) is 0.791. The van der Waals surface area contributed by atoms with Crippen LogP contribution in [0.25, 0.3) is 0 Å². The standard InChI is InChI=1S/C15H23BrN2O2S/c1-4-13-10-18(14(5-2)9-17-13)21(19,20)15-8-12(16)7-6-11(15)3/h6-8,13-14,17H,4-5,9-10H2,1-3H3. The lowest BCUT2D eigenvalue weighted by Gasteiger charge is -2.39. The lowest BCUT2D eigenvalue weighted by atomic mass is 10.1. The average molecular weight is 375 g/mol. The normalized spacial score (nSPS) is 24.2. The summed E-state index contributed by atoms with van der Waals surface area (Å²) in [6.07, 6.45) is 1.75. The minimum absolute atomic E-state index is 0.0242. The highest BCUT2D eigenvalue weighted by molar-refractivity contribution is 9.10. The number of hydrogen-bond acceptors (Lipinski definition) is 3. The molecule has 1 N–H and O–H groups in total. The first kappa shape index (κ1) is 16.9. The molecule has 118 valence electrons. The number of hydrogen-bond donors (Lipinski definition) is 1. The molecule has 2 atom stereocenters. The average Bonchev–Trinajstić information content (AvgIpc) is 2.48. The molecule has 0 bridgehead atoms. The van der Waals surface area contributed by atoms with Crippen molar-refractivity contribution in [3.8, 4) is 0 Å². The van der Waals surface area contributed by atoms with Crippen molar-refractivity contribution in [2.75, 3.05) is 13.1 Å². The van der Waals surface area contributed by atoms with E-state index >= 15 is 0 Å². The molecular weight excluding hydrogens is 352 g/mol. The second kappa shape index (κ2) is 6.77. The lowest BCUT2D eigenvalue weighted by molar-refractivity contribution is 0.215. The molecule has 2 unspecified atom stereocenters. The van der Waals surface area contributed by atoms with Crippen molar-refractivity contribution in [2.24, 2.45) is 0 Å². The fourth-order valence-electron chi connectivity index (χ4n) is 2.73. The molecule has 6 heteroatoms. The smallest absolute Gasteiger partial charge is 0.243 e. The molecule has 0 spiro atoms. The third-order valence-corrected chi connectivity index (χ3v) is 6.70. The van der Waals surface area contributed by atoms with Crippen molar-refractivity contribution in [3.05, 3.63) is 28.2 Å². The Balaban J connectivity index is 2.42. The van der Waals surface area contributed by atoms with Crippen molar-refractivity contribution >= 4 is 26.0 Å². The van der Waals surface area contributed by atoms with E-state index in [2.05, 4.69) is 28.2 Å². The van der Waals surface area contributed by atoms with Gasteiger partial charge >= 0.3 is 0 Å². The van der Waals surface area contributed by atoms with E-state index in [9.17, 15) is 8.42 Å². The SMILES string of the molecule is CCC1CN(S(=O)(=O)c2cc(Br)ccc2C)C(CC)CN1. The third kappa shape index (κ3) is 3.50. The van der Waals surface area contributed by atoms with Crippen LogP contribution in [-0.4, -0.2) is 37.9 Å². The Morgan fingerprint density at radius 3 is 2.67 bits per heavy atom. The van der Waals surface area contributed by atoms with Gasteiger partial charge in [0.1, 0.15) is 0 Å². The molecule has 1 fully saturated rings. The number of rotatable bonds is 4. The molecule has 0 amide bonds. The van der Waals surface area contributed by atoms with E-state index in [4.69, 9.17) is 0 Å². The van der Waals surface area contributed by atoms with Gasteiger partial charge in [-0.15, -0.1) is 0 Å². The summed E-state index contributed by atoms with van der Waals surface area (Å²) < 4.78 is 28.6. The zero-order chi connectivity index (χ0) is 15.6. The van der Waals surface area contributed by atoms with E-state index in [1.54, 1.807) is 10.4 Å². The number of nitrogens with zero attached hydrogens (tertiary/aromatic N) is 1. The molecule has 1 aromatic rings. The monoisotopic (exact) mass is 374 g/mol. The van der Waals surface area contributed by atoms with Crippen molar-refractivity contribution in [3.63, 3.8) is 0 Å². The largest absolute Gasteiger partial charge is 0.311 e. The fraction of sp³-hybridized carbons (Fsp3) is 0.600. The van der Waals surface area contributed by atoms with Gasteiger partial charge in [0.15, 0.2) is 0 Å². The highest BCUT2D eigenvalue weighted by atomic mass is 79.9. The Bertz CT molecular complexity index is 604. The van der Waals surface area contributed by atoms with E-state index in [0.29, 0.717) is 11.4 Å². The Morgan fingerprint density at radius 2 is 2.05 bits per heavy atom. The van der Waals surface area contributed by atoms with Gasteiger partial charge < -0.3 is 5.32 Å². The van der Waals surface area contributed by atoms with Gasteiger partial charge in [-0.1, -0.05) is 35.8 Å². The molecular formula is C15H23BrN2O2S. The van der Waals surface area contributed by atoms with Crippen LogP contribution in [0.3, 0.4) is 0 Å². The lowest BCUT2D eigenvalue weighted by Crippen LogP contribution is -2.57. The molecule has 1 aliphatic heterocycles. The van der Waals surface area contributed by atoms with Gasteiger partial charge in [-0.3, -0.25) is 0 Å². The maximum atomic E-state index is 13.1. The predicted molar refractivity (Wildman–Crippen MR) is 88.9 cm³/mol. The number of piperazine rings is 1. The minimum Gasteiger partial charge on any atom is -0.311 e. The minimum atomic E-state index is -3.46. The Kier molecular flexibility index (Phi) is 5.46. The van der Waals surface area contributed by atoms with Gasteiger partial charge in [0.2, 0.25) is 10.0 Å². The maximum absolute atomic E-state index is 13.1. The van der Waals surface area contributed by atoms with Crippen LogP contribution in [0.4, 0.5) is 0 Å². The fourth-order valence-corrected chi connectivity index (χ4v) is 5.24. The van der Waals surface area contributed by atoms with Crippen LogP contribution in [-0.2, 0) is 10.0 Å². The summed E-state index contributed by atoms with van der Waals surface area (Å²) >= 11 is 3.38. The topological polar surface area (TPSA) is 49.4 Å². The van der Waals surface area contributed by atoms with Crippen LogP contribution in [0, 0.1) is 6.92 Å². The zero-order valence-corrected chi connectivity index (χ0v) is 15.2. The van der Waals surface area contributed by atoms with Gasteiger partial charge in [-0.25, -0.2) is 8.42 Å². The van der Waals surface area contributed by atoms with Gasteiger partial charge in [-0.2, -0.15) is 4.31 Å². The van der Waals surface area contributed by atoms with Gasteiger partial charge in [-0.05, 0) is 37.5 Å². The molecule has 2 rings (SSSR count). The van der Waals surface area contributed by atoms with Crippen LogP contribution in [0.1, 0.15) is 32.3 Å². The Labute approximate surface area is 136 Å². The molecule has 1 heterocycles.